The van der Waals surface area contributed by atoms with Crippen LogP contribution in [0.5, 0.6) is 0 Å². The lowest BCUT2D eigenvalue weighted by Crippen LogP contribution is -2.56. The molecule has 1 amide bonds. The Morgan fingerprint density at radius 3 is 2.10 bits per heavy atom. The molecule has 0 fully saturated rings. The van der Waals surface area contributed by atoms with Crippen molar-refractivity contribution in [2.75, 3.05) is 0 Å². The lowest BCUT2D eigenvalue weighted by Gasteiger charge is -2.42. The van der Waals surface area contributed by atoms with Crippen LogP contribution in [0.1, 0.15) is 53.5 Å². The zero-order chi connectivity index (χ0) is 24.0. The van der Waals surface area contributed by atoms with E-state index in [9.17, 15) is 14.7 Å². The summed E-state index contributed by atoms with van der Waals surface area (Å²) < 4.78 is 12.1. The molecule has 2 atom stereocenters. The lowest BCUT2D eigenvalue weighted by atomic mass is 10.1. The molecule has 0 heterocycles. The van der Waals surface area contributed by atoms with Crippen molar-refractivity contribution in [3.63, 3.8) is 0 Å². The monoisotopic (exact) mass is 449 g/mol. The van der Waals surface area contributed by atoms with E-state index in [1.54, 1.807) is 26.8 Å². The molecule has 0 spiro atoms. The van der Waals surface area contributed by atoms with Crippen LogP contribution in [0.3, 0.4) is 0 Å². The molecule has 0 aliphatic carbocycles. The van der Waals surface area contributed by atoms with Crippen molar-refractivity contribution in [3.8, 4) is 0 Å². The summed E-state index contributed by atoms with van der Waals surface area (Å²) in [5.74, 6) is -1.13. The van der Waals surface area contributed by atoms with E-state index in [1.165, 1.54) is 4.90 Å². The minimum absolute atomic E-state index is 0.0984. The van der Waals surface area contributed by atoms with E-state index >= 15 is 0 Å². The summed E-state index contributed by atoms with van der Waals surface area (Å²) in [7, 11) is -2.32. The normalized spacial score (nSPS) is 14.5. The number of amides is 1. The second kappa shape index (κ2) is 10.5. The predicted octanol–water partition coefficient (Wildman–Crippen LogP) is 5.84. The third kappa shape index (κ3) is 8.14. The molecule has 1 aromatic carbocycles. The molecule has 1 N–H and O–H groups in total. The van der Waals surface area contributed by atoms with Crippen LogP contribution < -0.4 is 0 Å². The molecule has 0 radical (unpaired) electrons. The fourth-order valence-electron chi connectivity index (χ4n) is 2.83. The van der Waals surface area contributed by atoms with Crippen LogP contribution in [0.4, 0.5) is 4.79 Å². The van der Waals surface area contributed by atoms with Crippen molar-refractivity contribution >= 4 is 20.4 Å². The van der Waals surface area contributed by atoms with E-state index in [-0.39, 0.29) is 11.6 Å². The smallest absolute Gasteiger partial charge is 0.411 e. The quantitative estimate of drug-likeness (QED) is 0.378. The summed E-state index contributed by atoms with van der Waals surface area (Å²) in [5.41, 5.74) is 0.0489. The molecule has 174 valence electrons. The number of carbonyl (C=O) groups is 2. The van der Waals surface area contributed by atoms with E-state index in [2.05, 4.69) is 40.4 Å². The molecule has 1 aromatic rings. The standard InChI is InChI=1S/C24H39NO5Si/c1-10-14-19(30-31(8,9)24(5,6)7)20(21(26)27)25(22(28)29-23(2,3)4)17-18-15-12-11-13-16-18/h10-13,15-16,19-20H,1,14,17H2,2-9H3,(H,26,27)/t19-,20-/m0/s1. The summed E-state index contributed by atoms with van der Waals surface area (Å²) in [6.07, 6.45) is 0.518. The van der Waals surface area contributed by atoms with E-state index in [0.29, 0.717) is 6.42 Å². The number of benzene rings is 1. The Labute approximate surface area is 188 Å². The van der Waals surface area contributed by atoms with Crippen LogP contribution in [0.25, 0.3) is 0 Å². The number of carboxylic acids is 1. The maximum Gasteiger partial charge on any atom is 0.411 e. The number of rotatable bonds is 9. The van der Waals surface area contributed by atoms with Gasteiger partial charge in [0.05, 0.1) is 12.6 Å². The van der Waals surface area contributed by atoms with Gasteiger partial charge in [0.1, 0.15) is 5.60 Å². The lowest BCUT2D eigenvalue weighted by molar-refractivity contribution is -0.147. The highest BCUT2D eigenvalue weighted by Gasteiger charge is 2.45. The van der Waals surface area contributed by atoms with Crippen LogP contribution in [0.2, 0.25) is 18.1 Å². The molecule has 0 bridgehead atoms. The first-order valence-corrected chi connectivity index (χ1v) is 13.5. The summed E-state index contributed by atoms with van der Waals surface area (Å²) in [5, 5.41) is 10.1. The second-order valence-corrected chi connectivity index (χ2v) is 15.1. The first kappa shape index (κ1) is 26.9. The summed E-state index contributed by atoms with van der Waals surface area (Å²) in [6, 6.07) is 8.07. The molecule has 31 heavy (non-hydrogen) atoms. The van der Waals surface area contributed by atoms with Gasteiger partial charge in [-0.1, -0.05) is 57.2 Å². The van der Waals surface area contributed by atoms with Gasteiger partial charge in [-0.3, -0.25) is 4.90 Å². The van der Waals surface area contributed by atoms with Gasteiger partial charge >= 0.3 is 12.1 Å². The predicted molar refractivity (Wildman–Crippen MR) is 127 cm³/mol. The Balaban J connectivity index is 3.44. The van der Waals surface area contributed by atoms with Gasteiger partial charge in [-0.2, -0.15) is 0 Å². The maximum absolute atomic E-state index is 13.2. The summed E-state index contributed by atoms with van der Waals surface area (Å²) in [4.78, 5) is 26.9. The molecule has 0 aliphatic heterocycles. The van der Waals surface area contributed by atoms with Crippen LogP contribution >= 0.6 is 0 Å². The fourth-order valence-corrected chi connectivity index (χ4v) is 4.17. The molecule has 0 saturated carbocycles. The van der Waals surface area contributed by atoms with Gasteiger partial charge in [0.15, 0.2) is 14.4 Å². The molecular weight excluding hydrogens is 410 g/mol. The van der Waals surface area contributed by atoms with E-state index < -0.39 is 38.1 Å². The Morgan fingerprint density at radius 2 is 1.68 bits per heavy atom. The average Bonchev–Trinajstić information content (AvgIpc) is 2.59. The first-order valence-electron chi connectivity index (χ1n) is 10.6. The Morgan fingerprint density at radius 1 is 1.13 bits per heavy atom. The molecule has 0 aliphatic rings. The molecule has 1 rings (SSSR count). The third-order valence-electron chi connectivity index (χ3n) is 5.42. The number of nitrogens with zero attached hydrogens (tertiary/aromatic N) is 1. The van der Waals surface area contributed by atoms with Crippen LogP contribution in [-0.4, -0.2) is 48.1 Å². The Bertz CT molecular complexity index is 749. The van der Waals surface area contributed by atoms with E-state index in [0.717, 1.165) is 5.56 Å². The van der Waals surface area contributed by atoms with Gasteiger partial charge in [-0.25, -0.2) is 9.59 Å². The Hall–Kier alpha value is -2.12. The van der Waals surface area contributed by atoms with Crippen LogP contribution in [0.15, 0.2) is 43.0 Å². The highest BCUT2D eigenvalue weighted by Crippen LogP contribution is 2.38. The largest absolute Gasteiger partial charge is 0.480 e. The molecule has 0 aromatic heterocycles. The molecule has 6 nitrogen and oxygen atoms in total. The second-order valence-electron chi connectivity index (χ2n) is 10.3. The molecular formula is C24H39NO5Si. The van der Waals surface area contributed by atoms with Crippen LogP contribution in [-0.2, 0) is 20.5 Å². The van der Waals surface area contributed by atoms with Gasteiger partial charge < -0.3 is 14.3 Å². The summed E-state index contributed by atoms with van der Waals surface area (Å²) in [6.45, 7) is 19.6. The number of hydrogen-bond donors (Lipinski definition) is 1. The molecule has 0 saturated heterocycles. The SMILES string of the molecule is C=CC[C@H](O[Si](C)(C)C(C)(C)C)[C@@H](C(=O)O)N(Cc1ccccc1)C(=O)OC(C)(C)C. The fraction of sp³-hybridized carbons (Fsp3) is 0.583. The van der Waals surface area contributed by atoms with Gasteiger partial charge in [-0.05, 0) is 50.9 Å². The number of ether oxygens (including phenoxy) is 1. The number of carboxylic acid groups (broad SMARTS) is 1. The zero-order valence-electron chi connectivity index (χ0n) is 20.3. The third-order valence-corrected chi connectivity index (χ3v) is 9.92. The Kier molecular flexibility index (Phi) is 9.08. The topological polar surface area (TPSA) is 76.1 Å². The zero-order valence-corrected chi connectivity index (χ0v) is 21.3. The summed E-state index contributed by atoms with van der Waals surface area (Å²) >= 11 is 0. The highest BCUT2D eigenvalue weighted by atomic mass is 28.4. The van der Waals surface area contributed by atoms with Crippen molar-refractivity contribution in [1.82, 2.24) is 4.90 Å². The average molecular weight is 450 g/mol. The van der Waals surface area contributed by atoms with Gasteiger partial charge in [0.25, 0.3) is 0 Å². The van der Waals surface area contributed by atoms with Crippen molar-refractivity contribution < 1.29 is 23.9 Å². The van der Waals surface area contributed by atoms with Crippen molar-refractivity contribution in [2.45, 2.75) is 90.4 Å². The van der Waals surface area contributed by atoms with Crippen molar-refractivity contribution in [3.05, 3.63) is 48.6 Å². The molecule has 0 unspecified atom stereocenters. The van der Waals surface area contributed by atoms with Gasteiger partial charge in [0, 0.05) is 0 Å². The van der Waals surface area contributed by atoms with Crippen molar-refractivity contribution in [2.24, 2.45) is 0 Å². The maximum atomic E-state index is 13.2. The first-order chi connectivity index (χ1) is 14.1. The van der Waals surface area contributed by atoms with Crippen LogP contribution in [0, 0.1) is 0 Å². The minimum Gasteiger partial charge on any atom is -0.480 e. The van der Waals surface area contributed by atoms with Crippen molar-refractivity contribution in [1.29, 1.82) is 0 Å². The highest BCUT2D eigenvalue weighted by molar-refractivity contribution is 6.74. The minimum atomic E-state index is -2.32. The van der Waals surface area contributed by atoms with E-state index in [1.807, 2.05) is 30.3 Å². The van der Waals surface area contributed by atoms with E-state index in [4.69, 9.17) is 9.16 Å². The van der Waals surface area contributed by atoms with Gasteiger partial charge in [0.2, 0.25) is 0 Å². The number of carbonyl (C=O) groups excluding carboxylic acids is 1. The van der Waals surface area contributed by atoms with Gasteiger partial charge in [-0.15, -0.1) is 6.58 Å². The number of aliphatic carboxylic acids is 1. The molecule has 7 heteroatoms. The number of hydrogen-bond acceptors (Lipinski definition) is 4.